The second kappa shape index (κ2) is 6.82. The standard InChI is InChI=1S/C17H12F2N4O/c18-12-6-7-14(13(19)10-12)20-15-8-9-16(23-22-15)21-17(24)11-4-2-1-3-5-11/h1-10H,(H,20,22)(H,21,23,24). The van der Waals surface area contributed by atoms with Gasteiger partial charge in [0.15, 0.2) is 11.6 Å². The van der Waals surface area contributed by atoms with E-state index in [0.29, 0.717) is 5.56 Å². The molecule has 0 unspecified atom stereocenters. The zero-order valence-corrected chi connectivity index (χ0v) is 12.3. The van der Waals surface area contributed by atoms with E-state index in [1.807, 2.05) is 6.07 Å². The fourth-order valence-corrected chi connectivity index (χ4v) is 1.97. The smallest absolute Gasteiger partial charge is 0.256 e. The Bertz CT molecular complexity index is 854. The molecule has 1 aromatic heterocycles. The highest BCUT2D eigenvalue weighted by molar-refractivity contribution is 6.03. The molecule has 5 nitrogen and oxygen atoms in total. The summed E-state index contributed by atoms with van der Waals surface area (Å²) in [5.74, 6) is -1.19. The molecule has 2 aromatic carbocycles. The average molecular weight is 326 g/mol. The third-order valence-electron chi connectivity index (χ3n) is 3.14. The van der Waals surface area contributed by atoms with Crippen molar-refractivity contribution in [2.24, 2.45) is 0 Å². The molecule has 24 heavy (non-hydrogen) atoms. The monoisotopic (exact) mass is 326 g/mol. The van der Waals surface area contributed by atoms with Crippen LogP contribution in [0.1, 0.15) is 10.4 Å². The van der Waals surface area contributed by atoms with Crippen LogP contribution in [-0.4, -0.2) is 16.1 Å². The number of benzene rings is 2. The Morgan fingerprint density at radius 2 is 1.58 bits per heavy atom. The van der Waals surface area contributed by atoms with Crippen molar-refractivity contribution < 1.29 is 13.6 Å². The van der Waals surface area contributed by atoms with E-state index in [0.717, 1.165) is 12.1 Å². The van der Waals surface area contributed by atoms with Crippen molar-refractivity contribution in [1.29, 1.82) is 0 Å². The number of anilines is 3. The van der Waals surface area contributed by atoms with Crippen LogP contribution in [0.2, 0.25) is 0 Å². The molecule has 0 fully saturated rings. The summed E-state index contributed by atoms with van der Waals surface area (Å²) in [5.41, 5.74) is 0.571. The number of amides is 1. The van der Waals surface area contributed by atoms with Gasteiger partial charge in [-0.25, -0.2) is 8.78 Å². The first-order chi connectivity index (χ1) is 11.6. The maximum Gasteiger partial charge on any atom is 0.256 e. The van der Waals surface area contributed by atoms with Crippen LogP contribution in [0.5, 0.6) is 0 Å². The molecule has 0 saturated carbocycles. The highest BCUT2D eigenvalue weighted by Gasteiger charge is 2.08. The summed E-state index contributed by atoms with van der Waals surface area (Å²) >= 11 is 0. The SMILES string of the molecule is O=C(Nc1ccc(Nc2ccc(F)cc2F)nn1)c1ccccc1. The van der Waals surface area contributed by atoms with Gasteiger partial charge in [0.2, 0.25) is 0 Å². The summed E-state index contributed by atoms with van der Waals surface area (Å²) in [6, 6.07) is 14.9. The molecule has 0 aliphatic rings. The van der Waals surface area contributed by atoms with Gasteiger partial charge < -0.3 is 10.6 Å². The van der Waals surface area contributed by atoms with Crippen LogP contribution < -0.4 is 10.6 Å². The maximum atomic E-state index is 13.6. The second-order valence-corrected chi connectivity index (χ2v) is 4.87. The van der Waals surface area contributed by atoms with E-state index >= 15 is 0 Å². The van der Waals surface area contributed by atoms with Gasteiger partial charge in [-0.3, -0.25) is 4.79 Å². The van der Waals surface area contributed by atoms with Crippen molar-refractivity contribution in [3.63, 3.8) is 0 Å². The number of halogens is 2. The first kappa shape index (κ1) is 15.5. The number of nitrogens with zero attached hydrogens (tertiary/aromatic N) is 2. The van der Waals surface area contributed by atoms with Crippen molar-refractivity contribution in [1.82, 2.24) is 10.2 Å². The van der Waals surface area contributed by atoms with Crippen LogP contribution in [0.25, 0.3) is 0 Å². The fraction of sp³-hybridized carbons (Fsp3) is 0. The normalized spacial score (nSPS) is 10.2. The van der Waals surface area contributed by atoms with E-state index < -0.39 is 11.6 Å². The van der Waals surface area contributed by atoms with Crippen LogP contribution >= 0.6 is 0 Å². The minimum absolute atomic E-state index is 0.0757. The van der Waals surface area contributed by atoms with E-state index in [-0.39, 0.29) is 23.2 Å². The minimum Gasteiger partial charge on any atom is -0.336 e. The lowest BCUT2D eigenvalue weighted by atomic mass is 10.2. The van der Waals surface area contributed by atoms with Crippen molar-refractivity contribution in [2.75, 3.05) is 10.6 Å². The van der Waals surface area contributed by atoms with E-state index in [2.05, 4.69) is 20.8 Å². The maximum absolute atomic E-state index is 13.6. The second-order valence-electron chi connectivity index (χ2n) is 4.87. The summed E-state index contributed by atoms with van der Waals surface area (Å²) in [5, 5.41) is 13.0. The summed E-state index contributed by atoms with van der Waals surface area (Å²) in [6.45, 7) is 0. The van der Waals surface area contributed by atoms with Crippen molar-refractivity contribution in [3.8, 4) is 0 Å². The van der Waals surface area contributed by atoms with Crippen molar-refractivity contribution in [3.05, 3.63) is 77.9 Å². The van der Waals surface area contributed by atoms with Crippen molar-refractivity contribution in [2.45, 2.75) is 0 Å². The fourth-order valence-electron chi connectivity index (χ4n) is 1.97. The first-order valence-electron chi connectivity index (χ1n) is 7.04. The Hall–Kier alpha value is -3.35. The predicted molar refractivity (Wildman–Crippen MR) is 86.1 cm³/mol. The molecule has 0 spiro atoms. The molecule has 0 aliphatic carbocycles. The average Bonchev–Trinajstić information content (AvgIpc) is 2.60. The summed E-state index contributed by atoms with van der Waals surface area (Å²) in [4.78, 5) is 12.0. The van der Waals surface area contributed by atoms with E-state index in [9.17, 15) is 13.6 Å². The van der Waals surface area contributed by atoms with Gasteiger partial charge in [-0.1, -0.05) is 18.2 Å². The molecule has 120 valence electrons. The number of aromatic nitrogens is 2. The zero-order valence-electron chi connectivity index (χ0n) is 12.3. The molecule has 3 aromatic rings. The van der Waals surface area contributed by atoms with E-state index in [4.69, 9.17) is 0 Å². The van der Waals surface area contributed by atoms with Gasteiger partial charge in [-0.2, -0.15) is 0 Å². The van der Waals surface area contributed by atoms with Crippen LogP contribution in [0.15, 0.2) is 60.7 Å². The molecule has 2 N–H and O–H groups in total. The van der Waals surface area contributed by atoms with Crippen LogP contribution in [-0.2, 0) is 0 Å². The van der Waals surface area contributed by atoms with Crippen LogP contribution in [0.3, 0.4) is 0 Å². The van der Waals surface area contributed by atoms with E-state index in [1.165, 1.54) is 18.2 Å². The van der Waals surface area contributed by atoms with Crippen molar-refractivity contribution >= 4 is 23.2 Å². The number of carbonyl (C=O) groups excluding carboxylic acids is 1. The van der Waals surface area contributed by atoms with Gasteiger partial charge in [0.05, 0.1) is 5.69 Å². The lowest BCUT2D eigenvalue weighted by molar-refractivity contribution is 0.102. The van der Waals surface area contributed by atoms with Gasteiger partial charge in [0, 0.05) is 11.6 Å². The molecule has 1 amide bonds. The van der Waals surface area contributed by atoms with Gasteiger partial charge >= 0.3 is 0 Å². The summed E-state index contributed by atoms with van der Waals surface area (Å²) < 4.78 is 26.4. The predicted octanol–water partition coefficient (Wildman–Crippen LogP) is 3.75. The molecule has 0 radical (unpaired) electrons. The minimum atomic E-state index is -0.738. The molecule has 0 bridgehead atoms. The number of hydrogen-bond acceptors (Lipinski definition) is 4. The molecular weight excluding hydrogens is 314 g/mol. The Balaban J connectivity index is 1.68. The molecular formula is C17H12F2N4O. The Morgan fingerprint density at radius 1 is 0.875 bits per heavy atom. The van der Waals surface area contributed by atoms with Crippen LogP contribution in [0, 0.1) is 11.6 Å². The van der Waals surface area contributed by atoms with Crippen LogP contribution in [0.4, 0.5) is 26.1 Å². The lowest BCUT2D eigenvalue weighted by Crippen LogP contribution is -2.13. The third kappa shape index (κ3) is 3.70. The zero-order chi connectivity index (χ0) is 16.9. The number of nitrogens with one attached hydrogen (secondary N) is 2. The Kier molecular flexibility index (Phi) is 4.42. The van der Waals surface area contributed by atoms with Gasteiger partial charge in [0.25, 0.3) is 5.91 Å². The molecule has 7 heteroatoms. The molecule has 0 atom stereocenters. The summed E-state index contributed by atoms with van der Waals surface area (Å²) in [7, 11) is 0. The highest BCUT2D eigenvalue weighted by Crippen LogP contribution is 2.19. The highest BCUT2D eigenvalue weighted by atomic mass is 19.1. The summed E-state index contributed by atoms with van der Waals surface area (Å²) in [6.07, 6.45) is 0. The number of hydrogen-bond donors (Lipinski definition) is 2. The van der Waals surface area contributed by atoms with Gasteiger partial charge in [-0.15, -0.1) is 10.2 Å². The first-order valence-corrected chi connectivity index (χ1v) is 7.04. The van der Waals surface area contributed by atoms with Gasteiger partial charge in [0.1, 0.15) is 11.6 Å². The Morgan fingerprint density at radius 3 is 2.25 bits per heavy atom. The largest absolute Gasteiger partial charge is 0.336 e. The third-order valence-corrected chi connectivity index (χ3v) is 3.14. The lowest BCUT2D eigenvalue weighted by Gasteiger charge is -2.07. The molecule has 1 heterocycles. The quantitative estimate of drug-likeness (QED) is 0.766. The Labute approximate surface area is 136 Å². The van der Waals surface area contributed by atoms with Gasteiger partial charge in [-0.05, 0) is 36.4 Å². The molecule has 0 saturated heterocycles. The van der Waals surface area contributed by atoms with E-state index in [1.54, 1.807) is 24.3 Å². The topological polar surface area (TPSA) is 66.9 Å². The molecule has 3 rings (SSSR count). The number of rotatable bonds is 4. The molecule has 0 aliphatic heterocycles. The number of carbonyl (C=O) groups is 1.